The molecule has 38 heavy (non-hydrogen) atoms. The van der Waals surface area contributed by atoms with Gasteiger partial charge in [0.25, 0.3) is 11.5 Å². The SMILES string of the molecule is Cn1c(=O)n(Cc2ccc(C(=O)N(CCO)CCO)cc2)c(=O)c2cc(C#CCc3ccccc3)ccc21. The molecule has 8 heteroatoms. The highest BCUT2D eigenvalue weighted by Crippen LogP contribution is 2.12. The predicted molar refractivity (Wildman–Crippen MR) is 146 cm³/mol. The molecule has 0 aliphatic carbocycles. The van der Waals surface area contributed by atoms with Gasteiger partial charge < -0.3 is 15.1 Å². The second-order valence-electron chi connectivity index (χ2n) is 8.87. The number of aromatic nitrogens is 2. The van der Waals surface area contributed by atoms with Crippen LogP contribution < -0.4 is 11.2 Å². The predicted octanol–water partition coefficient (Wildman–Crippen LogP) is 1.77. The highest BCUT2D eigenvalue weighted by Gasteiger charge is 2.16. The molecule has 0 aliphatic rings. The standard InChI is InChI=1S/C30H29N3O5/c1-31-27-15-12-23(9-5-8-22-6-3-2-4-7-22)20-26(27)29(37)33(30(31)38)21-24-10-13-25(14-11-24)28(36)32(16-18-34)17-19-35/h2-4,6-7,10-15,20,34-35H,8,16-19,21H2,1H3. The number of carbonyl (C=O) groups is 1. The Labute approximate surface area is 220 Å². The first kappa shape index (κ1) is 26.6. The number of nitrogens with zero attached hydrogens (tertiary/aromatic N) is 3. The van der Waals surface area contributed by atoms with Crippen molar-refractivity contribution in [2.45, 2.75) is 13.0 Å². The summed E-state index contributed by atoms with van der Waals surface area (Å²) in [5.74, 6) is 5.92. The average Bonchev–Trinajstić information content (AvgIpc) is 2.94. The molecule has 1 amide bonds. The van der Waals surface area contributed by atoms with E-state index in [1.165, 1.54) is 14.0 Å². The van der Waals surface area contributed by atoms with Crippen molar-refractivity contribution in [2.75, 3.05) is 26.3 Å². The molecule has 0 aliphatic heterocycles. The van der Waals surface area contributed by atoms with Crippen LogP contribution >= 0.6 is 0 Å². The van der Waals surface area contributed by atoms with Crippen LogP contribution in [0.5, 0.6) is 0 Å². The summed E-state index contributed by atoms with van der Waals surface area (Å²) >= 11 is 0. The van der Waals surface area contributed by atoms with Gasteiger partial charge in [-0.3, -0.25) is 18.7 Å². The Morgan fingerprint density at radius 2 is 1.58 bits per heavy atom. The van der Waals surface area contributed by atoms with E-state index in [1.807, 2.05) is 30.3 Å². The molecule has 1 heterocycles. The third kappa shape index (κ3) is 5.92. The minimum Gasteiger partial charge on any atom is -0.395 e. The van der Waals surface area contributed by atoms with Gasteiger partial charge in [0.1, 0.15) is 0 Å². The van der Waals surface area contributed by atoms with E-state index in [4.69, 9.17) is 0 Å². The van der Waals surface area contributed by atoms with Crippen molar-refractivity contribution in [3.8, 4) is 11.8 Å². The van der Waals surface area contributed by atoms with Gasteiger partial charge >= 0.3 is 5.69 Å². The highest BCUT2D eigenvalue weighted by molar-refractivity contribution is 5.94. The molecule has 4 aromatic rings. The maximum Gasteiger partial charge on any atom is 0.331 e. The Morgan fingerprint density at radius 3 is 2.24 bits per heavy atom. The molecule has 3 aromatic carbocycles. The van der Waals surface area contributed by atoms with Gasteiger partial charge in [0, 0.05) is 37.7 Å². The lowest BCUT2D eigenvalue weighted by Crippen LogP contribution is -2.39. The van der Waals surface area contributed by atoms with Gasteiger partial charge in [0.2, 0.25) is 0 Å². The third-order valence-electron chi connectivity index (χ3n) is 6.29. The second-order valence-corrected chi connectivity index (χ2v) is 8.87. The number of hydrogen-bond acceptors (Lipinski definition) is 5. The molecule has 0 atom stereocenters. The van der Waals surface area contributed by atoms with Crippen LogP contribution in [-0.2, 0) is 20.0 Å². The van der Waals surface area contributed by atoms with E-state index in [9.17, 15) is 24.6 Å². The van der Waals surface area contributed by atoms with Crippen LogP contribution in [0.1, 0.15) is 27.0 Å². The van der Waals surface area contributed by atoms with Gasteiger partial charge in [-0.15, -0.1) is 0 Å². The molecule has 0 bridgehead atoms. The lowest BCUT2D eigenvalue weighted by Gasteiger charge is -2.20. The fraction of sp³-hybridized carbons (Fsp3) is 0.233. The molecule has 0 saturated heterocycles. The topological polar surface area (TPSA) is 105 Å². The van der Waals surface area contributed by atoms with Crippen molar-refractivity contribution in [3.05, 3.63) is 116 Å². The first-order valence-corrected chi connectivity index (χ1v) is 12.3. The number of aliphatic hydroxyl groups is 2. The van der Waals surface area contributed by atoms with Gasteiger partial charge in [-0.05, 0) is 41.5 Å². The van der Waals surface area contributed by atoms with E-state index >= 15 is 0 Å². The highest BCUT2D eigenvalue weighted by atomic mass is 16.3. The molecule has 194 valence electrons. The molecule has 0 fully saturated rings. The van der Waals surface area contributed by atoms with Crippen LogP contribution in [0.4, 0.5) is 0 Å². The lowest BCUT2D eigenvalue weighted by atomic mass is 10.1. The molecule has 8 nitrogen and oxygen atoms in total. The number of benzene rings is 3. The Bertz CT molecular complexity index is 1600. The molecular weight excluding hydrogens is 482 g/mol. The van der Waals surface area contributed by atoms with Crippen molar-refractivity contribution in [1.82, 2.24) is 14.0 Å². The van der Waals surface area contributed by atoms with E-state index in [1.54, 1.807) is 49.5 Å². The summed E-state index contributed by atoms with van der Waals surface area (Å²) in [5, 5.41) is 18.8. The zero-order valence-electron chi connectivity index (χ0n) is 21.1. The summed E-state index contributed by atoms with van der Waals surface area (Å²) in [6.45, 7) is -0.155. The van der Waals surface area contributed by atoms with Crippen LogP contribution in [0.15, 0.2) is 82.4 Å². The number of fused-ring (bicyclic) bond motifs is 1. The number of carbonyl (C=O) groups excluding carboxylic acids is 1. The van der Waals surface area contributed by atoms with E-state index in [-0.39, 0.29) is 38.8 Å². The lowest BCUT2D eigenvalue weighted by molar-refractivity contribution is 0.0685. The largest absolute Gasteiger partial charge is 0.395 e. The molecular formula is C30H29N3O5. The number of amides is 1. The molecule has 2 N–H and O–H groups in total. The van der Waals surface area contributed by atoms with Crippen molar-refractivity contribution in [1.29, 1.82) is 0 Å². The van der Waals surface area contributed by atoms with Crippen LogP contribution in [0.25, 0.3) is 10.9 Å². The Hall–Kier alpha value is -4.45. The van der Waals surface area contributed by atoms with Crippen molar-refractivity contribution in [2.24, 2.45) is 7.05 Å². The molecule has 0 saturated carbocycles. The van der Waals surface area contributed by atoms with E-state index in [2.05, 4.69) is 11.8 Å². The van der Waals surface area contributed by atoms with Gasteiger partial charge in [-0.1, -0.05) is 54.3 Å². The summed E-state index contributed by atoms with van der Waals surface area (Å²) in [7, 11) is 1.63. The molecule has 0 spiro atoms. The van der Waals surface area contributed by atoms with Crippen molar-refractivity contribution in [3.63, 3.8) is 0 Å². The molecule has 1 aromatic heterocycles. The number of aryl methyl sites for hydroxylation is 1. The minimum absolute atomic E-state index is 0.0385. The van der Waals surface area contributed by atoms with Crippen molar-refractivity contribution >= 4 is 16.8 Å². The van der Waals surface area contributed by atoms with Crippen molar-refractivity contribution < 1.29 is 15.0 Å². The van der Waals surface area contributed by atoms with Gasteiger partial charge in [-0.2, -0.15) is 0 Å². The Morgan fingerprint density at radius 1 is 0.895 bits per heavy atom. The Balaban J connectivity index is 1.61. The maximum absolute atomic E-state index is 13.4. The fourth-order valence-corrected chi connectivity index (χ4v) is 4.25. The van der Waals surface area contributed by atoms with E-state index < -0.39 is 11.2 Å². The van der Waals surface area contributed by atoms with Gasteiger partial charge in [0.15, 0.2) is 0 Å². The second kappa shape index (κ2) is 12.2. The maximum atomic E-state index is 13.4. The minimum atomic E-state index is -0.442. The summed E-state index contributed by atoms with van der Waals surface area (Å²) in [6.07, 6.45) is 0.590. The number of hydrogen-bond donors (Lipinski definition) is 2. The summed E-state index contributed by atoms with van der Waals surface area (Å²) in [5.41, 5.74) is 2.53. The summed E-state index contributed by atoms with van der Waals surface area (Å²) in [4.78, 5) is 40.4. The zero-order valence-corrected chi connectivity index (χ0v) is 21.1. The smallest absolute Gasteiger partial charge is 0.331 e. The fourth-order valence-electron chi connectivity index (χ4n) is 4.25. The first-order chi connectivity index (χ1) is 18.4. The molecule has 4 rings (SSSR count). The van der Waals surface area contributed by atoms with Crippen LogP contribution in [0.3, 0.4) is 0 Å². The summed E-state index contributed by atoms with van der Waals surface area (Å²) in [6, 6.07) is 21.7. The van der Waals surface area contributed by atoms with Gasteiger partial charge in [-0.25, -0.2) is 4.79 Å². The number of aliphatic hydroxyl groups excluding tert-OH is 2. The Kier molecular flexibility index (Phi) is 8.54. The quantitative estimate of drug-likeness (QED) is 0.351. The van der Waals surface area contributed by atoms with Gasteiger partial charge in [0.05, 0.1) is 30.7 Å². The number of rotatable bonds is 8. The van der Waals surface area contributed by atoms with Crippen LogP contribution in [-0.4, -0.2) is 56.5 Å². The average molecular weight is 512 g/mol. The van der Waals surface area contributed by atoms with Crippen LogP contribution in [0.2, 0.25) is 0 Å². The first-order valence-electron chi connectivity index (χ1n) is 12.3. The molecule has 0 radical (unpaired) electrons. The van der Waals surface area contributed by atoms with E-state index in [0.717, 1.165) is 5.56 Å². The van der Waals surface area contributed by atoms with E-state index in [0.29, 0.717) is 34.0 Å². The van der Waals surface area contributed by atoms with Crippen LogP contribution in [0, 0.1) is 11.8 Å². The normalized spacial score (nSPS) is 10.7. The zero-order chi connectivity index (χ0) is 27.1. The monoisotopic (exact) mass is 511 g/mol. The third-order valence-corrected chi connectivity index (χ3v) is 6.29. The molecule has 0 unspecified atom stereocenters. The summed E-state index contributed by atoms with van der Waals surface area (Å²) < 4.78 is 2.61.